The van der Waals surface area contributed by atoms with E-state index in [9.17, 15) is 24.2 Å². The number of benzene rings is 4. The average molecular weight is 749 g/mol. The fourth-order valence-electron chi connectivity index (χ4n) is 5.20. The lowest BCUT2D eigenvalue weighted by Gasteiger charge is -2.23. The van der Waals surface area contributed by atoms with Gasteiger partial charge in [-0.3, -0.25) is 14.5 Å². The van der Waals surface area contributed by atoms with E-state index in [1.54, 1.807) is 42.5 Å². The van der Waals surface area contributed by atoms with Crippen LogP contribution in [0.1, 0.15) is 33.9 Å². The van der Waals surface area contributed by atoms with Crippen molar-refractivity contribution in [2.75, 3.05) is 12.0 Å². The SMILES string of the molecule is COc1cc(C2/C(=C(\O)c3ccc(OCc4cccc(C)c4)cc3)C(=O)C(=O)N2c2nnc(SCc3ccccc3F)s2)cc(Br)c1O. The molecular weight excluding hydrogens is 721 g/mol. The molecule has 4 aromatic carbocycles. The van der Waals surface area contributed by atoms with Gasteiger partial charge in [-0.05, 0) is 82.0 Å². The number of hydrogen-bond donors (Lipinski definition) is 2. The van der Waals surface area contributed by atoms with Gasteiger partial charge in [-0.1, -0.05) is 71.1 Å². The number of methoxy groups -OCH3 is 1. The molecule has 6 rings (SSSR count). The van der Waals surface area contributed by atoms with Crippen LogP contribution in [0.2, 0.25) is 0 Å². The Morgan fingerprint density at radius 2 is 1.81 bits per heavy atom. The van der Waals surface area contributed by atoms with E-state index in [4.69, 9.17) is 9.47 Å². The number of amides is 1. The summed E-state index contributed by atoms with van der Waals surface area (Å²) in [6.45, 7) is 2.35. The van der Waals surface area contributed by atoms with E-state index in [0.29, 0.717) is 27.8 Å². The molecule has 1 atom stereocenters. The summed E-state index contributed by atoms with van der Waals surface area (Å²) in [6.07, 6.45) is 0. The number of aliphatic hydroxyl groups is 1. The molecule has 244 valence electrons. The molecular formula is C35H27BrFN3O6S2. The van der Waals surface area contributed by atoms with E-state index >= 15 is 0 Å². The summed E-state index contributed by atoms with van der Waals surface area (Å²) in [7, 11) is 1.37. The lowest BCUT2D eigenvalue weighted by atomic mass is 9.95. The second-order valence-electron chi connectivity index (χ2n) is 10.8. The summed E-state index contributed by atoms with van der Waals surface area (Å²) < 4.78 is 26.1. The van der Waals surface area contributed by atoms with Crippen LogP contribution in [0.3, 0.4) is 0 Å². The van der Waals surface area contributed by atoms with Gasteiger partial charge < -0.3 is 19.7 Å². The van der Waals surface area contributed by atoms with Crippen LogP contribution in [-0.4, -0.2) is 39.2 Å². The molecule has 2 heterocycles. The predicted octanol–water partition coefficient (Wildman–Crippen LogP) is 7.96. The molecule has 13 heteroatoms. The number of thioether (sulfide) groups is 1. The lowest BCUT2D eigenvalue weighted by molar-refractivity contribution is -0.132. The average Bonchev–Trinajstić information content (AvgIpc) is 3.66. The topological polar surface area (TPSA) is 122 Å². The van der Waals surface area contributed by atoms with E-state index in [-0.39, 0.29) is 43.8 Å². The van der Waals surface area contributed by atoms with E-state index in [1.807, 2.05) is 31.2 Å². The third kappa shape index (κ3) is 6.80. The van der Waals surface area contributed by atoms with Gasteiger partial charge in [0.25, 0.3) is 5.78 Å². The number of aliphatic hydroxyl groups excluding tert-OH is 1. The van der Waals surface area contributed by atoms with Crippen molar-refractivity contribution in [3.63, 3.8) is 0 Å². The summed E-state index contributed by atoms with van der Waals surface area (Å²) in [5.41, 5.74) is 3.04. The van der Waals surface area contributed by atoms with Crippen LogP contribution in [0.4, 0.5) is 9.52 Å². The van der Waals surface area contributed by atoms with Crippen molar-refractivity contribution in [1.82, 2.24) is 10.2 Å². The van der Waals surface area contributed by atoms with Crippen LogP contribution in [0.25, 0.3) is 5.76 Å². The Hall–Kier alpha value is -4.72. The highest BCUT2D eigenvalue weighted by Gasteiger charge is 2.48. The number of hydrogen-bond acceptors (Lipinski definition) is 10. The van der Waals surface area contributed by atoms with Gasteiger partial charge in [0.2, 0.25) is 5.13 Å². The molecule has 48 heavy (non-hydrogen) atoms. The molecule has 9 nitrogen and oxygen atoms in total. The van der Waals surface area contributed by atoms with Crippen LogP contribution in [0.15, 0.2) is 99.3 Å². The van der Waals surface area contributed by atoms with Gasteiger partial charge in [-0.15, -0.1) is 10.2 Å². The number of phenolic OH excluding ortho intramolecular Hbond substituents is 1. The quantitative estimate of drug-likeness (QED) is 0.0482. The normalized spacial score (nSPS) is 15.6. The van der Waals surface area contributed by atoms with Gasteiger partial charge in [-0.25, -0.2) is 4.39 Å². The second kappa shape index (κ2) is 14.2. The molecule has 1 unspecified atom stereocenters. The molecule has 1 amide bonds. The lowest BCUT2D eigenvalue weighted by Crippen LogP contribution is -2.29. The fraction of sp³-hybridized carbons (Fsp3) is 0.143. The first kappa shape index (κ1) is 33.2. The van der Waals surface area contributed by atoms with E-state index < -0.39 is 23.5 Å². The first-order valence-electron chi connectivity index (χ1n) is 14.5. The summed E-state index contributed by atoms with van der Waals surface area (Å²) in [5.74, 6) is -1.89. The molecule has 2 N–H and O–H groups in total. The molecule has 0 aliphatic carbocycles. The first-order valence-corrected chi connectivity index (χ1v) is 17.1. The number of aromatic hydroxyl groups is 1. The maximum atomic E-state index is 14.2. The fourth-order valence-corrected chi connectivity index (χ4v) is 7.51. The maximum absolute atomic E-state index is 14.2. The number of halogens is 2. The molecule has 5 aromatic rings. The Labute approximate surface area is 291 Å². The largest absolute Gasteiger partial charge is 0.507 e. The molecule has 0 bridgehead atoms. The number of aromatic nitrogens is 2. The van der Waals surface area contributed by atoms with Gasteiger partial charge in [0, 0.05) is 11.3 Å². The minimum atomic E-state index is -1.16. The highest BCUT2D eigenvalue weighted by Crippen LogP contribution is 2.47. The second-order valence-corrected chi connectivity index (χ2v) is 13.8. The van der Waals surface area contributed by atoms with E-state index in [0.717, 1.165) is 27.4 Å². The molecule has 0 saturated carbocycles. The first-order chi connectivity index (χ1) is 23.1. The number of carbonyl (C=O) groups excluding carboxylic acids is 2. The molecule has 0 spiro atoms. The maximum Gasteiger partial charge on any atom is 0.301 e. The zero-order chi connectivity index (χ0) is 33.9. The van der Waals surface area contributed by atoms with Crippen LogP contribution < -0.4 is 14.4 Å². The van der Waals surface area contributed by atoms with Crippen molar-refractivity contribution < 1.29 is 33.7 Å². The van der Waals surface area contributed by atoms with Gasteiger partial charge in [0.05, 0.1) is 23.2 Å². The smallest absolute Gasteiger partial charge is 0.301 e. The number of phenols is 1. The monoisotopic (exact) mass is 747 g/mol. The summed E-state index contributed by atoms with van der Waals surface area (Å²) in [5, 5.41) is 30.6. The third-order valence-corrected chi connectivity index (χ3v) is 10.3. The van der Waals surface area contributed by atoms with Crippen molar-refractivity contribution in [3.05, 3.63) is 129 Å². The molecule has 1 aliphatic heterocycles. The van der Waals surface area contributed by atoms with Crippen molar-refractivity contribution in [2.24, 2.45) is 0 Å². The minimum absolute atomic E-state index is 0.0819. The highest BCUT2D eigenvalue weighted by atomic mass is 79.9. The van der Waals surface area contributed by atoms with Crippen molar-refractivity contribution in [1.29, 1.82) is 0 Å². The zero-order valence-electron chi connectivity index (χ0n) is 25.5. The Kier molecular flexibility index (Phi) is 9.81. The minimum Gasteiger partial charge on any atom is -0.507 e. The number of anilines is 1. The van der Waals surface area contributed by atoms with Crippen molar-refractivity contribution in [3.8, 4) is 17.2 Å². The molecule has 1 saturated heterocycles. The number of nitrogens with zero attached hydrogens (tertiary/aromatic N) is 3. The number of carbonyl (C=O) groups is 2. The summed E-state index contributed by atoms with van der Waals surface area (Å²) in [6, 6.07) is 22.7. The van der Waals surface area contributed by atoms with Crippen LogP contribution in [-0.2, 0) is 21.9 Å². The Balaban J connectivity index is 1.35. The standard InChI is InChI=1S/C35H27BrFN3O6S2/c1-19-6-5-7-20(14-19)17-46-24-12-10-21(11-13-24)30(41)28-29(23-15-25(36)31(42)27(16-23)45-2)40(33(44)32(28)43)34-38-39-35(48-34)47-18-22-8-3-4-9-26(22)37/h3-16,29,41-42H,17-18H2,1-2H3/b30-28+. The van der Waals surface area contributed by atoms with Gasteiger partial charge in [0.1, 0.15) is 23.9 Å². The number of ether oxygens (including phenoxy) is 2. The highest BCUT2D eigenvalue weighted by molar-refractivity contribution is 9.10. The molecule has 1 aliphatic rings. The van der Waals surface area contributed by atoms with Gasteiger partial charge >= 0.3 is 5.91 Å². The van der Waals surface area contributed by atoms with E-state index in [2.05, 4.69) is 26.1 Å². The zero-order valence-corrected chi connectivity index (χ0v) is 28.7. The van der Waals surface area contributed by atoms with Crippen LogP contribution in [0, 0.1) is 12.7 Å². The van der Waals surface area contributed by atoms with Gasteiger partial charge in [0.15, 0.2) is 15.8 Å². The molecule has 1 fully saturated rings. The number of Topliss-reactive ketones (excluding diaryl/α,β-unsaturated/α-hetero) is 1. The number of ketones is 1. The molecule has 1 aromatic heterocycles. The van der Waals surface area contributed by atoms with Gasteiger partial charge in [-0.2, -0.15) is 0 Å². The summed E-state index contributed by atoms with van der Waals surface area (Å²) in [4.78, 5) is 28.5. The predicted molar refractivity (Wildman–Crippen MR) is 185 cm³/mol. The Morgan fingerprint density at radius 3 is 2.54 bits per heavy atom. The Morgan fingerprint density at radius 1 is 1.04 bits per heavy atom. The Bertz CT molecular complexity index is 2050. The van der Waals surface area contributed by atoms with E-state index in [1.165, 1.54) is 37.1 Å². The van der Waals surface area contributed by atoms with Crippen molar-refractivity contribution >= 4 is 61.6 Å². The summed E-state index contributed by atoms with van der Waals surface area (Å²) >= 11 is 5.60. The van der Waals surface area contributed by atoms with Crippen LogP contribution in [0.5, 0.6) is 17.2 Å². The third-order valence-electron chi connectivity index (χ3n) is 7.56. The number of rotatable bonds is 10. The van der Waals surface area contributed by atoms with Crippen LogP contribution >= 0.6 is 39.0 Å². The number of aryl methyl sites for hydroxylation is 1. The van der Waals surface area contributed by atoms with Crippen molar-refractivity contribution in [2.45, 2.75) is 29.7 Å². The molecule has 0 radical (unpaired) electrons.